The summed E-state index contributed by atoms with van der Waals surface area (Å²) in [5.41, 5.74) is 9.10. The summed E-state index contributed by atoms with van der Waals surface area (Å²) in [6.45, 7) is -1.11. The average molecular weight is 1230 g/mol. The Labute approximate surface area is 490 Å². The number of aliphatic hydroxyl groups is 1. The maximum Gasteiger partial charge on any atom is 0.435 e. The van der Waals surface area contributed by atoms with Gasteiger partial charge >= 0.3 is 12.4 Å². The molecule has 12 rings (SSSR count). The van der Waals surface area contributed by atoms with Crippen LogP contribution in [-0.2, 0) is 47.9 Å². The fraction of sp³-hybridized carbons (Fsp3) is 0.274. The summed E-state index contributed by atoms with van der Waals surface area (Å²) in [4.78, 5) is 72.0. The lowest BCUT2D eigenvalue weighted by Gasteiger charge is -2.20. The molecule has 0 aliphatic heterocycles. The molecule has 4 aliphatic rings. The fourth-order valence-electron chi connectivity index (χ4n) is 12.3. The Morgan fingerprint density at radius 3 is 1.45 bits per heavy atom. The van der Waals surface area contributed by atoms with E-state index in [-0.39, 0.29) is 82.5 Å². The van der Waals surface area contributed by atoms with Crippen molar-refractivity contribution in [3.63, 3.8) is 0 Å². The van der Waals surface area contributed by atoms with Crippen LogP contribution in [0.5, 0.6) is 0 Å². The van der Waals surface area contributed by atoms with Crippen molar-refractivity contribution in [2.24, 2.45) is 23.3 Å². The smallest absolute Gasteiger partial charge is 0.388 e. The van der Waals surface area contributed by atoms with Crippen molar-refractivity contribution in [3.8, 4) is 22.3 Å². The molecule has 8 aromatic rings. The maximum absolute atomic E-state index is 14.2. The molecule has 0 spiro atoms. The Kier molecular flexibility index (Phi) is 15.8. The average Bonchev–Trinajstić information content (AvgIpc) is 1.55. The second kappa shape index (κ2) is 23.1. The van der Waals surface area contributed by atoms with E-state index in [2.05, 4.69) is 20.2 Å². The first kappa shape index (κ1) is 60.4. The Morgan fingerprint density at radius 1 is 0.568 bits per heavy atom. The molecular formula is C62H46F12N8O6. The van der Waals surface area contributed by atoms with Gasteiger partial charge in [0.1, 0.15) is 34.9 Å². The third kappa shape index (κ3) is 12.1. The number of amides is 2. The van der Waals surface area contributed by atoms with Crippen LogP contribution in [0.4, 0.5) is 52.7 Å². The number of aliphatic hydroxyl groups excluding tert-OH is 1. The van der Waals surface area contributed by atoms with Crippen molar-refractivity contribution in [1.82, 2.24) is 29.5 Å². The highest BCUT2D eigenvalue weighted by atomic mass is 19.4. The minimum absolute atomic E-state index is 0.0910. The van der Waals surface area contributed by atoms with Gasteiger partial charge in [0.15, 0.2) is 28.7 Å². The number of benzene rings is 4. The Bertz CT molecular complexity index is 4140. The lowest BCUT2D eigenvalue weighted by atomic mass is 9.86. The lowest BCUT2D eigenvalue weighted by molar-refractivity contribution is -0.143. The summed E-state index contributed by atoms with van der Waals surface area (Å²) < 4.78 is 169. The molecule has 0 bridgehead atoms. The highest BCUT2D eigenvalue weighted by molar-refractivity contribution is 6.06. The van der Waals surface area contributed by atoms with E-state index in [9.17, 15) is 81.8 Å². The predicted octanol–water partition coefficient (Wildman–Crippen LogP) is 11.4. The zero-order chi connectivity index (χ0) is 63.0. The number of carbonyl (C=O) groups excluding carboxylic acids is 5. The van der Waals surface area contributed by atoms with Crippen LogP contribution in [0.2, 0.25) is 0 Å². The zero-order valence-electron chi connectivity index (χ0n) is 45.5. The molecule has 14 nitrogen and oxygen atoms in total. The summed E-state index contributed by atoms with van der Waals surface area (Å²) in [5.74, 6) is -12.3. The van der Waals surface area contributed by atoms with E-state index in [0.717, 1.165) is 45.8 Å². The number of hydrogen-bond donors (Lipinski definition) is 3. The normalized spacial score (nSPS) is 18.6. The number of alkyl halides is 6. The van der Waals surface area contributed by atoms with E-state index in [1.807, 2.05) is 0 Å². The molecule has 2 fully saturated rings. The van der Waals surface area contributed by atoms with Crippen molar-refractivity contribution in [2.45, 2.75) is 93.7 Å². The number of halogens is 12. The lowest BCUT2D eigenvalue weighted by Crippen LogP contribution is -2.19. The molecule has 2 saturated carbocycles. The molecule has 26 heteroatoms. The highest BCUT2D eigenvalue weighted by Crippen LogP contribution is 2.63. The van der Waals surface area contributed by atoms with Crippen LogP contribution in [0.1, 0.15) is 137 Å². The number of primary amides is 2. The Balaban J connectivity index is 0.000000182. The number of hydrogen-bond acceptors (Lipinski definition) is 10. The Morgan fingerprint density at radius 2 is 1.01 bits per heavy atom. The van der Waals surface area contributed by atoms with Gasteiger partial charge in [0.05, 0.1) is 53.0 Å². The van der Waals surface area contributed by atoms with Gasteiger partial charge < -0.3 is 16.6 Å². The second-order valence-corrected chi connectivity index (χ2v) is 22.2. The molecule has 4 aliphatic carbocycles. The van der Waals surface area contributed by atoms with Crippen LogP contribution in [0.25, 0.3) is 22.3 Å². The number of carbonyl (C=O) groups is 5. The molecule has 2 amide bonds. The molecule has 0 radical (unpaired) electrons. The van der Waals surface area contributed by atoms with E-state index >= 15 is 0 Å². The van der Waals surface area contributed by atoms with Crippen molar-refractivity contribution in [1.29, 1.82) is 0 Å². The standard InChI is InChI=1S/C31H24F6N4O3.C31H22F6N4O3/c2*32-17-7-14(8-18(33)11-17)6-16(26-20(2-1-5-39-26)15-3-4-24(34)23(10-15)30(38)44)9-19(42)13-41-27-21-12-22(21)28(43)25(27)29(40-41)31(35,36)37/h1-5,7-8,10-11,16,21-22,28,43H,6,9,12-13H2,(H2,38,44);1-5,7-8,10-11,16,21-22H,6,9,12-13H2,(H2,38,44)/t16-,21?,22?,28?;16-,21?,22?/m11/s1. The number of rotatable bonds is 18. The number of nitrogens with two attached hydrogens (primary N) is 2. The highest BCUT2D eigenvalue weighted by Gasteiger charge is 2.59. The van der Waals surface area contributed by atoms with Gasteiger partial charge in [0.2, 0.25) is 0 Å². The third-order valence-electron chi connectivity index (χ3n) is 16.1. The monoisotopic (exact) mass is 1230 g/mol. The molecule has 454 valence electrons. The Hall–Kier alpha value is -9.33. The van der Waals surface area contributed by atoms with Gasteiger partial charge in [-0.15, -0.1) is 0 Å². The molecule has 4 aromatic carbocycles. The zero-order valence-corrected chi connectivity index (χ0v) is 45.5. The number of aromatic nitrogens is 6. The van der Waals surface area contributed by atoms with Gasteiger partial charge in [-0.1, -0.05) is 24.3 Å². The van der Waals surface area contributed by atoms with Crippen LogP contribution >= 0.6 is 0 Å². The molecule has 4 heterocycles. The van der Waals surface area contributed by atoms with Crippen LogP contribution < -0.4 is 11.5 Å². The van der Waals surface area contributed by atoms with E-state index < -0.39 is 142 Å². The van der Waals surface area contributed by atoms with Gasteiger partial charge in [0, 0.05) is 89.3 Å². The number of ketones is 3. The SMILES string of the molecule is NC(=O)c1cc(-c2cccnc2[C@@H](CC(=O)Cn2nc(C(F)(F)F)c3c2C2CC2C3=O)Cc2cc(F)cc(F)c2)ccc1F.NC(=O)c1cc(-c2cccnc2[C@@H](CC(=O)Cn2nc(C(F)(F)F)c3c2C2CC2C3O)Cc2cc(F)cc(F)c2)ccc1F. The first-order chi connectivity index (χ1) is 41.6. The summed E-state index contributed by atoms with van der Waals surface area (Å²) >= 11 is 0. The molecule has 4 aromatic heterocycles. The van der Waals surface area contributed by atoms with Crippen molar-refractivity contribution < 1.29 is 81.8 Å². The third-order valence-corrected chi connectivity index (χ3v) is 16.1. The fourth-order valence-corrected chi connectivity index (χ4v) is 12.3. The summed E-state index contributed by atoms with van der Waals surface area (Å²) in [6, 6.07) is 19.3. The van der Waals surface area contributed by atoms with Crippen LogP contribution in [0.15, 0.2) is 109 Å². The van der Waals surface area contributed by atoms with Crippen LogP contribution in [0.3, 0.4) is 0 Å². The number of Topliss-reactive ketones (excluding diaryl/α,β-unsaturated/α-hetero) is 3. The molecular weight excluding hydrogens is 1180 g/mol. The molecule has 5 unspecified atom stereocenters. The van der Waals surface area contributed by atoms with Crippen LogP contribution in [0, 0.1) is 46.7 Å². The second-order valence-electron chi connectivity index (χ2n) is 22.2. The summed E-state index contributed by atoms with van der Waals surface area (Å²) in [6.07, 6.45) is -8.20. The minimum atomic E-state index is -4.89. The first-order valence-corrected chi connectivity index (χ1v) is 27.2. The largest absolute Gasteiger partial charge is 0.435 e. The van der Waals surface area contributed by atoms with E-state index in [4.69, 9.17) is 11.5 Å². The van der Waals surface area contributed by atoms with Gasteiger partial charge in [0.25, 0.3) is 11.8 Å². The van der Waals surface area contributed by atoms with E-state index in [0.29, 0.717) is 47.2 Å². The van der Waals surface area contributed by atoms with Crippen molar-refractivity contribution in [2.75, 3.05) is 0 Å². The van der Waals surface area contributed by atoms with E-state index in [1.54, 1.807) is 24.3 Å². The van der Waals surface area contributed by atoms with Gasteiger partial charge in [-0.25, -0.2) is 26.3 Å². The minimum Gasteiger partial charge on any atom is -0.388 e. The quantitative estimate of drug-likeness (QED) is 0.0690. The number of pyridine rings is 2. The molecule has 7 atom stereocenters. The molecule has 5 N–H and O–H groups in total. The predicted molar refractivity (Wildman–Crippen MR) is 287 cm³/mol. The number of fused-ring (bicyclic) bond motifs is 6. The first-order valence-electron chi connectivity index (χ1n) is 27.2. The van der Waals surface area contributed by atoms with Gasteiger partial charge in [-0.2, -0.15) is 36.5 Å². The number of nitrogens with zero attached hydrogens (tertiary/aromatic N) is 6. The van der Waals surface area contributed by atoms with Crippen molar-refractivity contribution >= 4 is 29.2 Å². The topological polar surface area (TPSA) is 219 Å². The van der Waals surface area contributed by atoms with Crippen molar-refractivity contribution in [3.05, 3.63) is 212 Å². The van der Waals surface area contributed by atoms with Gasteiger partial charge in [-0.05, 0) is 115 Å². The maximum atomic E-state index is 14.2. The van der Waals surface area contributed by atoms with Crippen LogP contribution in [-0.4, -0.2) is 63.8 Å². The summed E-state index contributed by atoms with van der Waals surface area (Å²) in [7, 11) is 0. The van der Waals surface area contributed by atoms with Gasteiger partial charge in [-0.3, -0.25) is 43.3 Å². The summed E-state index contributed by atoms with van der Waals surface area (Å²) in [5, 5.41) is 17.7. The van der Waals surface area contributed by atoms with E-state index in [1.165, 1.54) is 36.7 Å². The molecule has 88 heavy (non-hydrogen) atoms. The molecule has 0 saturated heterocycles.